The molecule has 0 bridgehead atoms. The van der Waals surface area contributed by atoms with E-state index in [2.05, 4.69) is 25.8 Å². The van der Waals surface area contributed by atoms with Gasteiger partial charge in [-0.1, -0.05) is 34.1 Å². The van der Waals surface area contributed by atoms with Crippen LogP contribution in [0.1, 0.15) is 91.2 Å². The number of rotatable bonds is 6. The largest absolute Gasteiger partial charge is 0.482 e. The Kier molecular flexibility index (Phi) is 7.51. The Hall–Kier alpha value is -2.75. The van der Waals surface area contributed by atoms with Gasteiger partial charge in [0.1, 0.15) is 28.8 Å². The molecule has 0 aromatic carbocycles. The van der Waals surface area contributed by atoms with Crippen LogP contribution in [0.15, 0.2) is 39.8 Å². The number of carbonyl (C=O) groups is 1. The van der Waals surface area contributed by atoms with Crippen molar-refractivity contribution in [3.63, 3.8) is 0 Å². The molecule has 1 saturated heterocycles. The Morgan fingerprint density at radius 3 is 2.74 bits per heavy atom. The van der Waals surface area contributed by atoms with Crippen LogP contribution in [0.5, 0.6) is 5.75 Å². The second-order valence-electron chi connectivity index (χ2n) is 13.3. The molecule has 0 amide bonds. The van der Waals surface area contributed by atoms with Gasteiger partial charge < -0.3 is 28.5 Å². The van der Waals surface area contributed by atoms with Crippen molar-refractivity contribution in [2.75, 3.05) is 6.61 Å². The molecule has 9 nitrogen and oxygen atoms in total. The zero-order valence-electron chi connectivity index (χ0n) is 25.3. The molecular weight excluding hydrogens is 538 g/mol. The van der Waals surface area contributed by atoms with E-state index < -0.39 is 34.8 Å². The van der Waals surface area contributed by atoms with Crippen molar-refractivity contribution in [1.29, 1.82) is 0 Å². The molecule has 2 aromatic heterocycles. The van der Waals surface area contributed by atoms with E-state index in [1.807, 2.05) is 13.8 Å². The molecule has 2 saturated carbocycles. The highest BCUT2D eigenvalue weighted by molar-refractivity contribution is 5.69. The third-order valence-electron chi connectivity index (χ3n) is 10.8. The van der Waals surface area contributed by atoms with Crippen molar-refractivity contribution in [3.8, 4) is 17.1 Å². The highest BCUT2D eigenvalue weighted by Crippen LogP contribution is 2.68. The lowest BCUT2D eigenvalue weighted by Crippen LogP contribution is -2.72. The summed E-state index contributed by atoms with van der Waals surface area (Å²) in [4.78, 5) is 30.8. The number of fused-ring (bicyclic) bond motifs is 6. The van der Waals surface area contributed by atoms with Gasteiger partial charge in [0.05, 0.1) is 18.8 Å². The number of aliphatic hydroxyl groups is 1. The van der Waals surface area contributed by atoms with E-state index in [1.54, 1.807) is 30.6 Å². The number of aliphatic hydroxyl groups excluding tert-OH is 1. The first kappa shape index (κ1) is 29.3. The minimum Gasteiger partial charge on any atom is -0.482 e. The van der Waals surface area contributed by atoms with Gasteiger partial charge in [0.2, 0.25) is 0 Å². The van der Waals surface area contributed by atoms with Crippen LogP contribution in [0, 0.1) is 22.7 Å². The average molecular weight is 582 g/mol. The van der Waals surface area contributed by atoms with E-state index in [0.717, 1.165) is 32.1 Å². The Morgan fingerprint density at radius 2 is 2.02 bits per heavy atom. The van der Waals surface area contributed by atoms with Crippen LogP contribution in [0.4, 0.5) is 0 Å². The molecule has 228 valence electrons. The number of unbranched alkanes of at least 4 members (excludes halogenated alkanes) is 1. The van der Waals surface area contributed by atoms with Gasteiger partial charge in [0.15, 0.2) is 6.29 Å². The molecule has 6 rings (SSSR count). The van der Waals surface area contributed by atoms with Crippen molar-refractivity contribution in [3.05, 3.63) is 46.6 Å². The van der Waals surface area contributed by atoms with Gasteiger partial charge >= 0.3 is 11.6 Å². The number of aromatic nitrogens is 1. The maximum absolute atomic E-state index is 13.5. The minimum atomic E-state index is -1.18. The van der Waals surface area contributed by atoms with E-state index in [1.165, 1.54) is 0 Å². The predicted molar refractivity (Wildman–Crippen MR) is 154 cm³/mol. The number of nitrogens with zero attached hydrogens (tertiary/aromatic N) is 1. The lowest BCUT2D eigenvalue weighted by atomic mass is 9.42. The summed E-state index contributed by atoms with van der Waals surface area (Å²) in [6.45, 7) is 10.9. The summed E-state index contributed by atoms with van der Waals surface area (Å²) in [7, 11) is 0. The molecule has 2 aliphatic heterocycles. The van der Waals surface area contributed by atoms with Crippen molar-refractivity contribution in [2.45, 2.75) is 110 Å². The van der Waals surface area contributed by atoms with Crippen LogP contribution in [-0.2, 0) is 19.0 Å². The van der Waals surface area contributed by atoms with E-state index in [-0.39, 0.29) is 41.0 Å². The van der Waals surface area contributed by atoms with Gasteiger partial charge in [-0.3, -0.25) is 9.78 Å². The fourth-order valence-electron chi connectivity index (χ4n) is 8.66. The molecule has 0 unspecified atom stereocenters. The molecule has 9 atom stereocenters. The fourth-order valence-corrected chi connectivity index (χ4v) is 8.66. The molecule has 0 spiro atoms. The lowest BCUT2D eigenvalue weighted by Gasteiger charge is -2.67. The summed E-state index contributed by atoms with van der Waals surface area (Å²) in [5.74, 6) is -0.299. The summed E-state index contributed by atoms with van der Waals surface area (Å²) < 4.78 is 31.4. The number of pyridine rings is 1. The first-order valence-corrected chi connectivity index (χ1v) is 15.5. The first-order chi connectivity index (χ1) is 20.0. The van der Waals surface area contributed by atoms with Gasteiger partial charge in [0, 0.05) is 41.8 Å². The van der Waals surface area contributed by atoms with Crippen molar-refractivity contribution >= 4 is 5.97 Å². The second kappa shape index (κ2) is 10.8. The molecule has 2 aromatic rings. The topological polar surface area (TPSA) is 117 Å². The number of hydrogen-bond acceptors (Lipinski definition) is 9. The van der Waals surface area contributed by atoms with Crippen molar-refractivity contribution in [1.82, 2.24) is 4.98 Å². The molecular formula is C33H43NO8. The second-order valence-corrected chi connectivity index (χ2v) is 13.3. The maximum atomic E-state index is 13.5. The molecule has 4 heterocycles. The van der Waals surface area contributed by atoms with E-state index >= 15 is 0 Å². The van der Waals surface area contributed by atoms with Gasteiger partial charge in [0.25, 0.3) is 0 Å². The smallest absolute Gasteiger partial charge is 0.345 e. The van der Waals surface area contributed by atoms with Gasteiger partial charge in [-0.25, -0.2) is 4.79 Å². The SMILES string of the molecule is CCCCC(=O)O[C@H]1C[C@H]2[C@]3(C)CO[C@@H](CC)O[C@H]3CC[C@]2(C)[C@H]2[C@@H](O)c3c(cc(-c4cccnc4)oc3=O)O[C@]12C. The van der Waals surface area contributed by atoms with Crippen molar-refractivity contribution < 1.29 is 33.3 Å². The number of carbonyl (C=O) groups excluding carboxylic acids is 1. The lowest BCUT2D eigenvalue weighted by molar-refractivity contribution is -0.328. The molecule has 9 heteroatoms. The van der Waals surface area contributed by atoms with Gasteiger partial charge in [-0.2, -0.15) is 0 Å². The molecule has 1 N–H and O–H groups in total. The zero-order valence-corrected chi connectivity index (χ0v) is 25.3. The zero-order chi connectivity index (χ0) is 29.9. The third-order valence-corrected chi connectivity index (χ3v) is 10.8. The summed E-state index contributed by atoms with van der Waals surface area (Å²) in [5.41, 5.74) is -1.84. The number of esters is 1. The summed E-state index contributed by atoms with van der Waals surface area (Å²) in [6, 6.07) is 5.20. The molecule has 42 heavy (non-hydrogen) atoms. The maximum Gasteiger partial charge on any atom is 0.345 e. The Labute approximate surface area is 246 Å². The minimum absolute atomic E-state index is 0.0175. The quantitative estimate of drug-likeness (QED) is 0.436. The number of hydrogen-bond donors (Lipinski definition) is 1. The van der Waals surface area contributed by atoms with Crippen LogP contribution < -0.4 is 10.4 Å². The predicted octanol–water partition coefficient (Wildman–Crippen LogP) is 5.58. The molecule has 2 aliphatic carbocycles. The van der Waals surface area contributed by atoms with Crippen LogP contribution in [0.2, 0.25) is 0 Å². The number of ether oxygens (including phenoxy) is 4. The van der Waals surface area contributed by atoms with Crippen LogP contribution in [-0.4, -0.2) is 46.8 Å². The van der Waals surface area contributed by atoms with E-state index in [9.17, 15) is 14.7 Å². The Bertz CT molecular complexity index is 1380. The fraction of sp³-hybridized carbons (Fsp3) is 0.667. The normalized spacial score (nSPS) is 38.7. The molecule has 4 aliphatic rings. The third kappa shape index (κ3) is 4.50. The van der Waals surface area contributed by atoms with E-state index in [0.29, 0.717) is 30.8 Å². The van der Waals surface area contributed by atoms with Crippen LogP contribution in [0.25, 0.3) is 11.3 Å². The Morgan fingerprint density at radius 1 is 1.21 bits per heavy atom. The first-order valence-electron chi connectivity index (χ1n) is 15.5. The van der Waals surface area contributed by atoms with E-state index in [4.69, 9.17) is 23.4 Å². The summed E-state index contributed by atoms with van der Waals surface area (Å²) in [6.07, 6.45) is 5.95. The van der Waals surface area contributed by atoms with Crippen LogP contribution >= 0.6 is 0 Å². The summed E-state index contributed by atoms with van der Waals surface area (Å²) in [5, 5.41) is 12.2. The highest BCUT2D eigenvalue weighted by Gasteiger charge is 2.71. The van der Waals surface area contributed by atoms with Gasteiger partial charge in [-0.05, 0) is 62.5 Å². The summed E-state index contributed by atoms with van der Waals surface area (Å²) >= 11 is 0. The Balaban J connectivity index is 1.45. The van der Waals surface area contributed by atoms with Crippen LogP contribution in [0.3, 0.4) is 0 Å². The monoisotopic (exact) mass is 581 g/mol. The molecule has 3 fully saturated rings. The average Bonchev–Trinajstić information content (AvgIpc) is 2.96. The highest BCUT2D eigenvalue weighted by atomic mass is 16.7. The van der Waals surface area contributed by atoms with Crippen molar-refractivity contribution in [2.24, 2.45) is 22.7 Å². The van der Waals surface area contributed by atoms with Gasteiger partial charge in [-0.15, -0.1) is 0 Å². The standard InChI is InChI=1S/C33H43NO8/c1-6-8-11-25(35)40-24-16-22-31(3,13-12-23-32(22,4)18-38-26(7-2)41-23)29-28(36)27-21(42-33(24,29)5)15-20(39-30(27)37)19-10-9-14-34-17-19/h9-10,14-15,17,22-24,26,28-29,36H,6-8,11-13,16,18H2,1-5H3/t22-,23+,24+,26-,28+,29-,31+,32+,33-/m1/s1. The molecule has 0 radical (unpaired) electrons.